The zero-order valence-corrected chi connectivity index (χ0v) is 12.0. The zero-order chi connectivity index (χ0) is 15.0. The van der Waals surface area contributed by atoms with Gasteiger partial charge in [0.1, 0.15) is 0 Å². The number of aromatic nitrogens is 1. The van der Waals surface area contributed by atoms with Crippen LogP contribution >= 0.6 is 0 Å². The molecule has 0 spiro atoms. The number of hydrogen-bond acceptors (Lipinski definition) is 3. The molecule has 2 heterocycles. The van der Waals surface area contributed by atoms with Crippen LogP contribution in [0.4, 0.5) is 4.39 Å². The van der Waals surface area contributed by atoms with Crippen molar-refractivity contribution < 1.29 is 14.0 Å². The van der Waals surface area contributed by atoms with Crippen LogP contribution in [0.5, 0.6) is 0 Å². The number of carbonyl (C=O) groups is 2. The van der Waals surface area contributed by atoms with E-state index in [1.54, 1.807) is 9.80 Å². The van der Waals surface area contributed by atoms with Gasteiger partial charge in [-0.25, -0.2) is 4.98 Å². The molecule has 0 bridgehead atoms. The third-order valence-corrected chi connectivity index (χ3v) is 4.25. The van der Waals surface area contributed by atoms with Crippen molar-refractivity contribution in [3.8, 4) is 0 Å². The molecule has 2 aliphatic rings. The van der Waals surface area contributed by atoms with E-state index in [0.717, 1.165) is 19.3 Å². The molecule has 0 N–H and O–H groups in total. The molecule has 1 aromatic rings. The van der Waals surface area contributed by atoms with Crippen LogP contribution in [-0.2, 0) is 4.79 Å². The third kappa shape index (κ3) is 2.89. The number of amides is 2. The lowest BCUT2D eigenvalue weighted by Crippen LogP contribution is -2.40. The molecule has 1 aliphatic heterocycles. The number of likely N-dealkylation sites (N-methyl/N-ethyl adjacent to an activating group) is 1. The topological polar surface area (TPSA) is 53.5 Å². The second-order valence-corrected chi connectivity index (χ2v) is 5.79. The Balaban J connectivity index is 1.62. The van der Waals surface area contributed by atoms with Gasteiger partial charge in [0, 0.05) is 32.3 Å². The van der Waals surface area contributed by atoms with E-state index in [1.807, 2.05) is 7.05 Å². The van der Waals surface area contributed by atoms with Crippen molar-refractivity contribution in [3.05, 3.63) is 29.8 Å². The predicted octanol–water partition coefficient (Wildman–Crippen LogP) is 1.30. The van der Waals surface area contributed by atoms with Gasteiger partial charge in [-0.1, -0.05) is 0 Å². The maximum absolute atomic E-state index is 12.8. The molecule has 2 fully saturated rings. The lowest BCUT2D eigenvalue weighted by molar-refractivity contribution is -0.133. The van der Waals surface area contributed by atoms with Crippen LogP contribution in [-0.4, -0.2) is 52.8 Å². The normalized spacial score (nSPS) is 21.4. The molecular formula is C15H18FN3O2. The molecule has 1 unspecified atom stereocenters. The number of pyridine rings is 1. The van der Waals surface area contributed by atoms with Gasteiger partial charge >= 0.3 is 0 Å². The van der Waals surface area contributed by atoms with E-state index in [2.05, 4.69) is 4.98 Å². The molecule has 112 valence electrons. The highest BCUT2D eigenvalue weighted by Gasteiger charge is 2.37. The number of likely N-dealkylation sites (tertiary alicyclic amines) is 1. The van der Waals surface area contributed by atoms with Gasteiger partial charge in [-0.15, -0.1) is 0 Å². The zero-order valence-electron chi connectivity index (χ0n) is 12.0. The molecular weight excluding hydrogens is 273 g/mol. The van der Waals surface area contributed by atoms with Crippen LogP contribution in [0.15, 0.2) is 18.3 Å². The fourth-order valence-electron chi connectivity index (χ4n) is 2.73. The van der Waals surface area contributed by atoms with Crippen molar-refractivity contribution in [1.82, 2.24) is 14.8 Å². The molecule has 1 aliphatic carbocycles. The molecule has 1 aromatic heterocycles. The van der Waals surface area contributed by atoms with Crippen LogP contribution in [0.25, 0.3) is 0 Å². The molecule has 3 rings (SSSR count). The molecule has 5 nitrogen and oxygen atoms in total. The van der Waals surface area contributed by atoms with E-state index in [-0.39, 0.29) is 23.8 Å². The Hall–Kier alpha value is -1.98. The first-order valence-corrected chi connectivity index (χ1v) is 7.24. The van der Waals surface area contributed by atoms with E-state index in [9.17, 15) is 14.0 Å². The van der Waals surface area contributed by atoms with Crippen molar-refractivity contribution in [1.29, 1.82) is 0 Å². The number of hydrogen-bond donors (Lipinski definition) is 0. The van der Waals surface area contributed by atoms with Crippen LogP contribution < -0.4 is 0 Å². The molecule has 6 heteroatoms. The van der Waals surface area contributed by atoms with E-state index in [0.29, 0.717) is 18.7 Å². The summed E-state index contributed by atoms with van der Waals surface area (Å²) >= 11 is 0. The number of nitrogens with zero attached hydrogens (tertiary/aromatic N) is 3. The van der Waals surface area contributed by atoms with Crippen molar-refractivity contribution in [2.75, 3.05) is 20.1 Å². The smallest absolute Gasteiger partial charge is 0.255 e. The van der Waals surface area contributed by atoms with Crippen LogP contribution in [0.2, 0.25) is 0 Å². The van der Waals surface area contributed by atoms with Gasteiger partial charge in [-0.2, -0.15) is 4.39 Å². The number of rotatable bonds is 3. The fourth-order valence-corrected chi connectivity index (χ4v) is 2.73. The first-order valence-electron chi connectivity index (χ1n) is 7.24. The van der Waals surface area contributed by atoms with Gasteiger partial charge in [0.25, 0.3) is 5.91 Å². The lowest BCUT2D eigenvalue weighted by atomic mass is 10.2. The Morgan fingerprint density at radius 1 is 1.33 bits per heavy atom. The Labute approximate surface area is 122 Å². The monoisotopic (exact) mass is 291 g/mol. The van der Waals surface area contributed by atoms with Crippen molar-refractivity contribution in [3.63, 3.8) is 0 Å². The molecule has 1 atom stereocenters. The van der Waals surface area contributed by atoms with E-state index in [1.165, 1.54) is 18.3 Å². The van der Waals surface area contributed by atoms with E-state index in [4.69, 9.17) is 0 Å². The van der Waals surface area contributed by atoms with Gasteiger partial charge in [0.2, 0.25) is 11.9 Å². The van der Waals surface area contributed by atoms with Crippen LogP contribution in [0.3, 0.4) is 0 Å². The van der Waals surface area contributed by atoms with Crippen molar-refractivity contribution in [2.45, 2.75) is 25.3 Å². The van der Waals surface area contributed by atoms with Gasteiger partial charge in [-0.05, 0) is 31.4 Å². The average molecular weight is 291 g/mol. The van der Waals surface area contributed by atoms with Gasteiger partial charge in [0.15, 0.2) is 0 Å². The maximum atomic E-state index is 12.8. The summed E-state index contributed by atoms with van der Waals surface area (Å²) in [5.74, 6) is -0.364. The lowest BCUT2D eigenvalue weighted by Gasteiger charge is -2.25. The molecule has 0 aromatic carbocycles. The highest BCUT2D eigenvalue weighted by atomic mass is 19.1. The van der Waals surface area contributed by atoms with Crippen LogP contribution in [0, 0.1) is 11.9 Å². The Kier molecular flexibility index (Phi) is 3.61. The maximum Gasteiger partial charge on any atom is 0.255 e. The second-order valence-electron chi connectivity index (χ2n) is 5.79. The summed E-state index contributed by atoms with van der Waals surface area (Å²) < 4.78 is 12.8. The molecule has 1 saturated heterocycles. The third-order valence-electron chi connectivity index (χ3n) is 4.25. The Bertz CT molecular complexity index is 557. The average Bonchev–Trinajstić information content (AvgIpc) is 3.23. The van der Waals surface area contributed by atoms with Crippen molar-refractivity contribution >= 4 is 11.8 Å². The predicted molar refractivity (Wildman–Crippen MR) is 74.0 cm³/mol. The second kappa shape index (κ2) is 5.42. The summed E-state index contributed by atoms with van der Waals surface area (Å²) in [6, 6.07) is 2.70. The minimum Gasteiger partial charge on any atom is -0.341 e. The molecule has 0 radical (unpaired) electrons. The quantitative estimate of drug-likeness (QED) is 0.789. The Morgan fingerprint density at radius 2 is 2.10 bits per heavy atom. The summed E-state index contributed by atoms with van der Waals surface area (Å²) in [5, 5.41) is 0. The van der Waals surface area contributed by atoms with E-state index < -0.39 is 5.95 Å². The van der Waals surface area contributed by atoms with Gasteiger partial charge < -0.3 is 9.80 Å². The fraction of sp³-hybridized carbons (Fsp3) is 0.533. The highest BCUT2D eigenvalue weighted by molar-refractivity contribution is 5.94. The Morgan fingerprint density at radius 3 is 2.71 bits per heavy atom. The highest BCUT2D eigenvalue weighted by Crippen LogP contribution is 2.32. The largest absolute Gasteiger partial charge is 0.341 e. The summed E-state index contributed by atoms with van der Waals surface area (Å²) in [6.07, 6.45) is 4.01. The minimum atomic E-state index is -0.597. The molecule has 21 heavy (non-hydrogen) atoms. The minimum absolute atomic E-state index is 0.0791. The first-order chi connectivity index (χ1) is 10.1. The summed E-state index contributed by atoms with van der Waals surface area (Å²) in [5.41, 5.74) is 0.383. The molecule has 1 saturated carbocycles. The molecule has 2 amide bonds. The summed E-state index contributed by atoms with van der Waals surface area (Å²) in [6.45, 7) is 1.15. The van der Waals surface area contributed by atoms with Gasteiger partial charge in [0.05, 0.1) is 11.6 Å². The van der Waals surface area contributed by atoms with E-state index >= 15 is 0 Å². The summed E-state index contributed by atoms with van der Waals surface area (Å²) in [4.78, 5) is 31.3. The van der Waals surface area contributed by atoms with Crippen LogP contribution in [0.1, 0.15) is 29.6 Å². The SMILES string of the molecule is CN(C(=O)C1CC1)C1CCN(C(=O)c2ccc(F)nc2)C1. The van der Waals surface area contributed by atoms with Gasteiger partial charge in [-0.3, -0.25) is 9.59 Å². The first kappa shape index (κ1) is 14.0. The number of halogens is 1. The number of carbonyl (C=O) groups excluding carboxylic acids is 2. The standard InChI is InChI=1S/C15H18FN3O2/c1-18(14(20)10-2-3-10)12-6-7-19(9-12)15(21)11-4-5-13(16)17-8-11/h4-5,8,10,12H,2-3,6-7,9H2,1H3. The summed E-state index contributed by atoms with van der Waals surface area (Å²) in [7, 11) is 1.82. The van der Waals surface area contributed by atoms with Crippen molar-refractivity contribution in [2.24, 2.45) is 5.92 Å².